The number of aromatic nitrogens is 4. The molecule has 1 N–H and O–H groups in total. The first kappa shape index (κ1) is 19.6. The lowest BCUT2D eigenvalue weighted by molar-refractivity contribution is -0.122. The van der Waals surface area contributed by atoms with Gasteiger partial charge in [-0.15, -0.1) is 5.10 Å². The van der Waals surface area contributed by atoms with Gasteiger partial charge in [-0.1, -0.05) is 5.10 Å². The monoisotopic (exact) mass is 410 g/mol. The number of amides is 2. The molecule has 0 aliphatic carbocycles. The van der Waals surface area contributed by atoms with Crippen LogP contribution >= 0.6 is 0 Å². The number of carbonyl (C=O) groups excluding carboxylic acids is 2. The van der Waals surface area contributed by atoms with Crippen molar-refractivity contribution in [2.75, 3.05) is 23.9 Å². The second kappa shape index (κ2) is 7.97. The number of rotatable bonds is 6. The van der Waals surface area contributed by atoms with E-state index in [1.165, 1.54) is 0 Å². The van der Waals surface area contributed by atoms with Gasteiger partial charge >= 0.3 is 6.01 Å². The molecule has 1 saturated heterocycles. The number of anilines is 2. The van der Waals surface area contributed by atoms with Crippen LogP contribution in [0.25, 0.3) is 11.6 Å². The zero-order chi connectivity index (χ0) is 21.3. The average Bonchev–Trinajstić information content (AvgIpc) is 3.47. The van der Waals surface area contributed by atoms with E-state index in [2.05, 4.69) is 20.6 Å². The van der Waals surface area contributed by atoms with Crippen LogP contribution in [0.4, 0.5) is 11.7 Å². The van der Waals surface area contributed by atoms with Crippen LogP contribution in [0.5, 0.6) is 5.75 Å². The fourth-order valence-corrected chi connectivity index (χ4v) is 3.22. The Bertz CT molecular complexity index is 1060. The molecular formula is C20H22N6O4. The molecule has 0 radical (unpaired) electrons. The first-order chi connectivity index (χ1) is 14.4. The lowest BCUT2D eigenvalue weighted by Gasteiger charge is -2.16. The maximum absolute atomic E-state index is 12.6. The van der Waals surface area contributed by atoms with E-state index in [0.717, 1.165) is 5.69 Å². The topological polar surface area (TPSA) is 115 Å². The molecule has 1 atom stereocenters. The molecule has 1 fully saturated rings. The highest BCUT2D eigenvalue weighted by molar-refractivity contribution is 6.03. The fourth-order valence-electron chi connectivity index (χ4n) is 3.22. The highest BCUT2D eigenvalue weighted by Crippen LogP contribution is 2.28. The first-order valence-electron chi connectivity index (χ1n) is 9.59. The van der Waals surface area contributed by atoms with Gasteiger partial charge in [0.05, 0.1) is 13.0 Å². The third kappa shape index (κ3) is 3.88. The lowest BCUT2D eigenvalue weighted by Crippen LogP contribution is -2.28. The Hall–Kier alpha value is -3.69. The van der Waals surface area contributed by atoms with Crippen molar-refractivity contribution in [1.29, 1.82) is 0 Å². The Kier molecular flexibility index (Phi) is 5.21. The largest absolute Gasteiger partial charge is 0.497 e. The maximum Gasteiger partial charge on any atom is 0.322 e. The van der Waals surface area contributed by atoms with Gasteiger partial charge < -0.3 is 14.1 Å². The Balaban J connectivity index is 1.40. The summed E-state index contributed by atoms with van der Waals surface area (Å²) in [6.45, 7) is 4.29. The molecule has 10 nitrogen and oxygen atoms in total. The molecule has 1 aromatic carbocycles. The molecule has 1 unspecified atom stereocenters. The van der Waals surface area contributed by atoms with Crippen LogP contribution in [0.15, 0.2) is 40.9 Å². The summed E-state index contributed by atoms with van der Waals surface area (Å²) in [6, 6.07) is 9.07. The van der Waals surface area contributed by atoms with Gasteiger partial charge in [-0.2, -0.15) is 5.10 Å². The molecule has 3 heterocycles. The minimum atomic E-state index is -0.518. The van der Waals surface area contributed by atoms with Crippen LogP contribution in [-0.4, -0.2) is 45.4 Å². The molecule has 3 aromatic rings. The van der Waals surface area contributed by atoms with Crippen molar-refractivity contribution in [3.63, 3.8) is 0 Å². The molecule has 30 heavy (non-hydrogen) atoms. The molecule has 156 valence electrons. The molecular weight excluding hydrogens is 388 g/mol. The molecule has 0 spiro atoms. The van der Waals surface area contributed by atoms with Crippen molar-refractivity contribution in [1.82, 2.24) is 20.0 Å². The smallest absolute Gasteiger partial charge is 0.322 e. The number of nitrogens with one attached hydrogen (secondary N) is 1. The number of hydrogen-bond donors (Lipinski definition) is 1. The summed E-state index contributed by atoms with van der Waals surface area (Å²) < 4.78 is 12.4. The predicted octanol–water partition coefficient (Wildman–Crippen LogP) is 2.51. The van der Waals surface area contributed by atoms with E-state index in [1.54, 1.807) is 47.0 Å². The van der Waals surface area contributed by atoms with Gasteiger partial charge in [0, 0.05) is 30.9 Å². The van der Waals surface area contributed by atoms with Crippen molar-refractivity contribution >= 4 is 23.5 Å². The van der Waals surface area contributed by atoms with Crippen LogP contribution in [0.2, 0.25) is 0 Å². The van der Waals surface area contributed by atoms with Gasteiger partial charge in [0.25, 0.3) is 5.89 Å². The maximum atomic E-state index is 12.6. The number of carbonyl (C=O) groups is 2. The molecule has 2 aromatic heterocycles. The average molecular weight is 410 g/mol. The summed E-state index contributed by atoms with van der Waals surface area (Å²) in [4.78, 5) is 26.6. The third-order valence-electron chi connectivity index (χ3n) is 4.89. The Morgan fingerprint density at radius 3 is 2.67 bits per heavy atom. The van der Waals surface area contributed by atoms with Crippen molar-refractivity contribution < 1.29 is 18.7 Å². The standard InChI is InChI=1S/C20H22N6O4/c1-12(2)26-9-8-16(24-26)19-22-23-20(30-19)21-18(28)13-10-17(27)25(11-13)14-4-6-15(29-3)7-5-14/h4-9,12-13H,10-11H2,1-3H3,(H,21,23,28). The van der Waals surface area contributed by atoms with E-state index in [4.69, 9.17) is 9.15 Å². The van der Waals surface area contributed by atoms with Crippen molar-refractivity contribution in [2.45, 2.75) is 26.3 Å². The number of nitrogens with zero attached hydrogens (tertiary/aromatic N) is 5. The highest BCUT2D eigenvalue weighted by Gasteiger charge is 2.35. The summed E-state index contributed by atoms with van der Waals surface area (Å²) in [6.07, 6.45) is 1.93. The molecule has 1 aliphatic rings. The van der Waals surface area contributed by atoms with Crippen LogP contribution in [0.1, 0.15) is 26.3 Å². The minimum absolute atomic E-state index is 0.0237. The summed E-state index contributed by atoms with van der Waals surface area (Å²) in [5.74, 6) is -0.0692. The van der Waals surface area contributed by atoms with Crippen molar-refractivity contribution in [3.8, 4) is 17.3 Å². The number of methoxy groups -OCH3 is 1. The zero-order valence-electron chi connectivity index (χ0n) is 16.9. The van der Waals surface area contributed by atoms with E-state index in [1.807, 2.05) is 20.0 Å². The van der Waals surface area contributed by atoms with E-state index in [0.29, 0.717) is 11.4 Å². The highest BCUT2D eigenvalue weighted by atomic mass is 16.5. The summed E-state index contributed by atoms with van der Waals surface area (Å²) in [7, 11) is 1.58. The molecule has 0 bridgehead atoms. The van der Waals surface area contributed by atoms with Gasteiger partial charge in [0.15, 0.2) is 0 Å². The van der Waals surface area contributed by atoms with Crippen molar-refractivity contribution in [2.24, 2.45) is 5.92 Å². The molecule has 4 rings (SSSR count). The molecule has 0 saturated carbocycles. The number of ether oxygens (including phenoxy) is 1. The summed E-state index contributed by atoms with van der Waals surface area (Å²) in [5, 5.41) is 14.8. The van der Waals surface area contributed by atoms with E-state index < -0.39 is 5.92 Å². The molecule has 10 heteroatoms. The predicted molar refractivity (Wildman–Crippen MR) is 108 cm³/mol. The van der Waals surface area contributed by atoms with Crippen LogP contribution in [0, 0.1) is 5.92 Å². The van der Waals surface area contributed by atoms with Crippen LogP contribution in [0.3, 0.4) is 0 Å². The lowest BCUT2D eigenvalue weighted by atomic mass is 10.1. The van der Waals surface area contributed by atoms with Crippen LogP contribution < -0.4 is 15.0 Å². The summed E-state index contributed by atoms with van der Waals surface area (Å²) in [5.41, 5.74) is 1.25. The zero-order valence-corrected chi connectivity index (χ0v) is 16.9. The Morgan fingerprint density at radius 1 is 1.23 bits per heavy atom. The SMILES string of the molecule is COc1ccc(N2CC(C(=O)Nc3nnc(-c4ccn(C(C)C)n4)o3)CC2=O)cc1. The second-order valence-corrected chi connectivity index (χ2v) is 7.28. The molecule has 1 aliphatic heterocycles. The second-order valence-electron chi connectivity index (χ2n) is 7.28. The third-order valence-corrected chi connectivity index (χ3v) is 4.89. The van der Waals surface area contributed by atoms with Gasteiger partial charge in [0.1, 0.15) is 11.4 Å². The number of benzene rings is 1. The molecule has 2 amide bonds. The first-order valence-corrected chi connectivity index (χ1v) is 9.59. The van der Waals surface area contributed by atoms with Gasteiger partial charge in [-0.25, -0.2) is 0 Å². The minimum Gasteiger partial charge on any atom is -0.497 e. The van der Waals surface area contributed by atoms with Crippen molar-refractivity contribution in [3.05, 3.63) is 36.5 Å². The fraction of sp³-hybridized carbons (Fsp3) is 0.350. The summed E-state index contributed by atoms with van der Waals surface area (Å²) >= 11 is 0. The van der Waals surface area contributed by atoms with E-state index in [-0.39, 0.29) is 42.7 Å². The van der Waals surface area contributed by atoms with Gasteiger partial charge in [0.2, 0.25) is 11.8 Å². The normalized spacial score (nSPS) is 16.3. The van der Waals surface area contributed by atoms with Gasteiger partial charge in [-0.3, -0.25) is 19.6 Å². The Labute approximate surface area is 172 Å². The van der Waals surface area contributed by atoms with E-state index in [9.17, 15) is 9.59 Å². The van der Waals surface area contributed by atoms with E-state index >= 15 is 0 Å². The van der Waals surface area contributed by atoms with Gasteiger partial charge in [-0.05, 0) is 44.2 Å². The number of hydrogen-bond acceptors (Lipinski definition) is 7. The quantitative estimate of drug-likeness (QED) is 0.664. The Morgan fingerprint density at radius 2 is 2.00 bits per heavy atom. The van der Waals surface area contributed by atoms with Crippen LogP contribution in [-0.2, 0) is 9.59 Å².